The highest BCUT2D eigenvalue weighted by Gasteiger charge is 2.25. The largest absolute Gasteiger partial charge is 0.322 e. The molecule has 1 aromatic carbocycles. The monoisotopic (exact) mass is 228 g/mol. The summed E-state index contributed by atoms with van der Waals surface area (Å²) in [6.07, 6.45) is 0. The van der Waals surface area contributed by atoms with Crippen LogP contribution in [0.25, 0.3) is 0 Å². The summed E-state index contributed by atoms with van der Waals surface area (Å²) in [7, 11) is 0. The summed E-state index contributed by atoms with van der Waals surface area (Å²) in [6.45, 7) is 1.27. The van der Waals surface area contributed by atoms with Gasteiger partial charge in [0, 0.05) is 13.1 Å². The highest BCUT2D eigenvalue weighted by molar-refractivity contribution is 6.33. The quantitative estimate of drug-likeness (QED) is 0.808. The Balaban J connectivity index is 2.12. The third-order valence-corrected chi connectivity index (χ3v) is 2.68. The van der Waals surface area contributed by atoms with E-state index in [1.54, 1.807) is 6.07 Å². The molecule has 0 atom stereocenters. The van der Waals surface area contributed by atoms with Gasteiger partial charge in [-0.05, 0) is 12.1 Å². The van der Waals surface area contributed by atoms with Crippen LogP contribution in [-0.2, 0) is 4.79 Å². The molecule has 15 heavy (non-hydrogen) atoms. The predicted molar refractivity (Wildman–Crippen MR) is 56.4 cm³/mol. The first kappa shape index (κ1) is 10.4. The lowest BCUT2D eigenvalue weighted by Crippen LogP contribution is -2.48. The Labute approximate surface area is 91.6 Å². The molecule has 2 N–H and O–H groups in total. The lowest BCUT2D eigenvalue weighted by atomic mass is 10.0. The van der Waals surface area contributed by atoms with Gasteiger partial charge in [-0.25, -0.2) is 4.39 Å². The van der Waals surface area contributed by atoms with Crippen LogP contribution in [0.15, 0.2) is 18.2 Å². The maximum Gasteiger partial charge on any atom is 0.230 e. The number of halogens is 2. The van der Waals surface area contributed by atoms with Crippen molar-refractivity contribution >= 4 is 23.2 Å². The van der Waals surface area contributed by atoms with Gasteiger partial charge in [0.15, 0.2) is 0 Å². The van der Waals surface area contributed by atoms with Crippen molar-refractivity contribution in [3.05, 3.63) is 29.0 Å². The maximum absolute atomic E-state index is 13.3. The smallest absolute Gasteiger partial charge is 0.230 e. The van der Waals surface area contributed by atoms with Crippen molar-refractivity contribution in [3.8, 4) is 0 Å². The Bertz CT molecular complexity index is 373. The summed E-state index contributed by atoms with van der Waals surface area (Å²) in [5, 5.41) is 5.68. The second-order valence-electron chi connectivity index (χ2n) is 3.44. The second-order valence-corrected chi connectivity index (χ2v) is 3.85. The molecule has 0 radical (unpaired) electrons. The third-order valence-electron chi connectivity index (χ3n) is 2.36. The SMILES string of the molecule is O=C(Nc1c(F)cccc1Cl)C1CNC1. The molecule has 1 aromatic rings. The molecule has 2 rings (SSSR count). The molecule has 1 heterocycles. The zero-order valence-electron chi connectivity index (χ0n) is 7.89. The average Bonchev–Trinajstić information content (AvgIpc) is 2.08. The van der Waals surface area contributed by atoms with E-state index >= 15 is 0 Å². The summed E-state index contributed by atoms with van der Waals surface area (Å²) in [5.74, 6) is -0.787. The number of para-hydroxylation sites is 1. The Morgan fingerprint density at radius 3 is 2.80 bits per heavy atom. The Hall–Kier alpha value is -1.13. The molecule has 0 aromatic heterocycles. The molecule has 0 aliphatic carbocycles. The van der Waals surface area contributed by atoms with Crippen molar-refractivity contribution in [2.24, 2.45) is 5.92 Å². The van der Waals surface area contributed by atoms with E-state index in [0.717, 1.165) is 0 Å². The van der Waals surface area contributed by atoms with E-state index in [2.05, 4.69) is 10.6 Å². The number of anilines is 1. The summed E-state index contributed by atoms with van der Waals surface area (Å²) in [6, 6.07) is 4.30. The highest BCUT2D eigenvalue weighted by Crippen LogP contribution is 2.25. The minimum absolute atomic E-state index is 0.0658. The molecular weight excluding hydrogens is 219 g/mol. The standard InChI is InChI=1S/C10H10ClFN2O/c11-7-2-1-3-8(12)9(7)14-10(15)6-4-13-5-6/h1-3,6,13H,4-5H2,(H,14,15). The lowest BCUT2D eigenvalue weighted by molar-refractivity contribution is -0.121. The minimum Gasteiger partial charge on any atom is -0.322 e. The Kier molecular flexibility index (Phi) is 2.88. The molecule has 1 fully saturated rings. The number of benzene rings is 1. The predicted octanol–water partition coefficient (Wildman–Crippen LogP) is 1.64. The maximum atomic E-state index is 13.3. The second kappa shape index (κ2) is 4.16. The molecule has 1 amide bonds. The lowest BCUT2D eigenvalue weighted by Gasteiger charge is -2.26. The zero-order chi connectivity index (χ0) is 10.8. The van der Waals surface area contributed by atoms with Gasteiger partial charge in [-0.15, -0.1) is 0 Å². The Morgan fingerprint density at radius 1 is 1.53 bits per heavy atom. The van der Waals surface area contributed by atoms with Crippen LogP contribution >= 0.6 is 11.6 Å². The molecule has 0 saturated carbocycles. The molecule has 5 heteroatoms. The van der Waals surface area contributed by atoms with Crippen LogP contribution in [0.4, 0.5) is 10.1 Å². The highest BCUT2D eigenvalue weighted by atomic mass is 35.5. The van der Waals surface area contributed by atoms with E-state index in [9.17, 15) is 9.18 Å². The number of amides is 1. The first-order chi connectivity index (χ1) is 7.18. The third kappa shape index (κ3) is 2.11. The molecule has 0 unspecified atom stereocenters. The van der Waals surface area contributed by atoms with E-state index in [1.165, 1.54) is 12.1 Å². The van der Waals surface area contributed by atoms with E-state index in [0.29, 0.717) is 13.1 Å². The fourth-order valence-electron chi connectivity index (χ4n) is 1.32. The van der Waals surface area contributed by atoms with E-state index in [4.69, 9.17) is 11.6 Å². The van der Waals surface area contributed by atoms with Gasteiger partial charge in [0.25, 0.3) is 0 Å². The van der Waals surface area contributed by atoms with Crippen molar-refractivity contribution in [1.29, 1.82) is 0 Å². The summed E-state index contributed by atoms with van der Waals surface area (Å²) < 4.78 is 13.3. The topological polar surface area (TPSA) is 41.1 Å². The van der Waals surface area contributed by atoms with E-state index < -0.39 is 5.82 Å². The molecule has 0 bridgehead atoms. The van der Waals surface area contributed by atoms with Crippen LogP contribution < -0.4 is 10.6 Å². The molecule has 1 saturated heterocycles. The first-order valence-corrected chi connectivity index (χ1v) is 5.02. The van der Waals surface area contributed by atoms with Gasteiger partial charge in [0.1, 0.15) is 5.82 Å². The fraction of sp³-hybridized carbons (Fsp3) is 0.300. The van der Waals surface area contributed by atoms with Crippen molar-refractivity contribution in [3.63, 3.8) is 0 Å². The number of carbonyl (C=O) groups is 1. The number of rotatable bonds is 2. The molecule has 80 valence electrons. The molecule has 1 aliphatic heterocycles. The van der Waals surface area contributed by atoms with E-state index in [1.807, 2.05) is 0 Å². The van der Waals surface area contributed by atoms with Crippen molar-refractivity contribution in [2.75, 3.05) is 18.4 Å². The molecule has 3 nitrogen and oxygen atoms in total. The zero-order valence-corrected chi connectivity index (χ0v) is 8.64. The normalized spacial score (nSPS) is 15.9. The van der Waals surface area contributed by atoms with Crippen molar-refractivity contribution in [2.45, 2.75) is 0 Å². The minimum atomic E-state index is -0.511. The average molecular weight is 229 g/mol. The molecule has 0 spiro atoms. The van der Waals surface area contributed by atoms with Crippen LogP contribution in [0.3, 0.4) is 0 Å². The number of nitrogens with one attached hydrogen (secondary N) is 2. The van der Waals surface area contributed by atoms with Crippen molar-refractivity contribution < 1.29 is 9.18 Å². The summed E-state index contributed by atoms with van der Waals surface area (Å²) >= 11 is 5.77. The summed E-state index contributed by atoms with van der Waals surface area (Å²) in [4.78, 5) is 11.5. The van der Waals surface area contributed by atoms with Crippen LogP contribution in [-0.4, -0.2) is 19.0 Å². The van der Waals surface area contributed by atoms with Gasteiger partial charge in [0.2, 0.25) is 5.91 Å². The number of carbonyl (C=O) groups excluding carboxylic acids is 1. The first-order valence-electron chi connectivity index (χ1n) is 4.64. The van der Waals surface area contributed by atoms with E-state index in [-0.39, 0.29) is 22.5 Å². The molecular formula is C10H10ClFN2O. The van der Waals surface area contributed by atoms with Gasteiger partial charge in [-0.3, -0.25) is 4.79 Å². The van der Waals surface area contributed by atoms with Gasteiger partial charge < -0.3 is 10.6 Å². The van der Waals surface area contributed by atoms with Crippen molar-refractivity contribution in [1.82, 2.24) is 5.32 Å². The number of hydrogen-bond donors (Lipinski definition) is 2. The van der Waals surface area contributed by atoms with Gasteiger partial charge in [-0.2, -0.15) is 0 Å². The van der Waals surface area contributed by atoms with Crippen LogP contribution in [0.5, 0.6) is 0 Å². The van der Waals surface area contributed by atoms with Crippen LogP contribution in [0, 0.1) is 11.7 Å². The van der Waals surface area contributed by atoms with Gasteiger partial charge in [-0.1, -0.05) is 17.7 Å². The Morgan fingerprint density at radius 2 is 2.27 bits per heavy atom. The van der Waals surface area contributed by atoms with Gasteiger partial charge in [0.05, 0.1) is 16.6 Å². The van der Waals surface area contributed by atoms with Crippen LogP contribution in [0.2, 0.25) is 5.02 Å². The fourth-order valence-corrected chi connectivity index (χ4v) is 1.53. The number of hydrogen-bond acceptors (Lipinski definition) is 2. The van der Waals surface area contributed by atoms with Crippen LogP contribution in [0.1, 0.15) is 0 Å². The summed E-state index contributed by atoms with van der Waals surface area (Å²) in [5.41, 5.74) is 0.0658. The van der Waals surface area contributed by atoms with Gasteiger partial charge >= 0.3 is 0 Å². The molecule has 1 aliphatic rings.